The van der Waals surface area contributed by atoms with Crippen molar-refractivity contribution in [1.82, 2.24) is 4.98 Å². The molecule has 0 saturated heterocycles. The number of halogens is 3. The first-order chi connectivity index (χ1) is 14.0. The van der Waals surface area contributed by atoms with E-state index < -0.39 is 11.7 Å². The van der Waals surface area contributed by atoms with Gasteiger partial charge in [-0.25, -0.2) is 0 Å². The molecule has 0 radical (unpaired) electrons. The maximum Gasteiger partial charge on any atom is 0.417 e. The molecule has 0 saturated carbocycles. The van der Waals surface area contributed by atoms with Gasteiger partial charge in [0.1, 0.15) is 0 Å². The monoisotopic (exact) mass is 392 g/mol. The summed E-state index contributed by atoms with van der Waals surface area (Å²) in [6.07, 6.45) is 2.95. The third-order valence-electron chi connectivity index (χ3n) is 4.88. The zero-order chi connectivity index (χ0) is 20.3. The van der Waals surface area contributed by atoms with E-state index in [0.29, 0.717) is 5.56 Å². The zero-order valence-electron chi connectivity index (χ0n) is 15.7. The number of aromatic nitrogens is 1. The van der Waals surface area contributed by atoms with Crippen LogP contribution in [-0.2, 0) is 6.18 Å². The largest absolute Gasteiger partial charge is 0.417 e. The first-order valence-corrected chi connectivity index (χ1v) is 9.45. The predicted octanol–water partition coefficient (Wildman–Crippen LogP) is 6.43. The Bertz CT molecular complexity index is 1070. The molecule has 0 unspecified atom stereocenters. The number of nitrogens with zero attached hydrogens (tertiary/aromatic N) is 2. The molecule has 3 aromatic rings. The normalized spacial score (nSPS) is 16.0. The van der Waals surface area contributed by atoms with Crippen molar-refractivity contribution in [3.05, 3.63) is 95.3 Å². The number of alkyl halides is 3. The van der Waals surface area contributed by atoms with Crippen LogP contribution in [0.25, 0.3) is 17.2 Å². The molecule has 146 valence electrons. The SMILES string of the molecule is FC(F)(F)c1ccccc1-c1cccc(C=C2CCCN=C2c2cccnc2)c1. The first kappa shape index (κ1) is 19.1. The third kappa shape index (κ3) is 4.29. The molecule has 4 rings (SSSR count). The summed E-state index contributed by atoms with van der Waals surface area (Å²) in [5.74, 6) is 0. The average molecular weight is 392 g/mol. The number of hydrogen-bond acceptors (Lipinski definition) is 2. The number of aliphatic imine (C=N–C) groups is 1. The molecule has 0 atom stereocenters. The molecule has 1 aliphatic rings. The molecule has 0 N–H and O–H groups in total. The van der Waals surface area contributed by atoms with Crippen LogP contribution >= 0.6 is 0 Å². The van der Waals surface area contributed by atoms with Crippen molar-refractivity contribution in [2.45, 2.75) is 19.0 Å². The van der Waals surface area contributed by atoms with Gasteiger partial charge in [-0.3, -0.25) is 9.98 Å². The van der Waals surface area contributed by atoms with Crippen LogP contribution in [0.1, 0.15) is 29.5 Å². The molecular weight excluding hydrogens is 373 g/mol. The highest BCUT2D eigenvalue weighted by atomic mass is 19.4. The van der Waals surface area contributed by atoms with Crippen LogP contribution in [-0.4, -0.2) is 17.2 Å². The standard InChI is InChI=1S/C24H19F3N2/c25-24(26,27)22-11-2-1-10-21(22)18-7-3-6-17(14-18)15-19-8-5-13-29-23(19)20-9-4-12-28-16-20/h1-4,6-7,9-12,14-16H,5,8,13H2. The maximum absolute atomic E-state index is 13.4. The van der Waals surface area contributed by atoms with Crippen LogP contribution in [0.15, 0.2) is 83.6 Å². The molecule has 5 heteroatoms. The van der Waals surface area contributed by atoms with Crippen molar-refractivity contribution in [3.8, 4) is 11.1 Å². The van der Waals surface area contributed by atoms with Gasteiger partial charge in [0.25, 0.3) is 0 Å². The Morgan fingerprint density at radius 2 is 1.72 bits per heavy atom. The summed E-state index contributed by atoms with van der Waals surface area (Å²) in [7, 11) is 0. The van der Waals surface area contributed by atoms with Crippen LogP contribution in [0.5, 0.6) is 0 Å². The molecule has 1 aliphatic heterocycles. The first-order valence-electron chi connectivity index (χ1n) is 9.45. The van der Waals surface area contributed by atoms with Gasteiger partial charge in [-0.15, -0.1) is 0 Å². The highest BCUT2D eigenvalue weighted by Gasteiger charge is 2.33. The fourth-order valence-electron chi connectivity index (χ4n) is 3.58. The molecule has 1 aromatic heterocycles. The van der Waals surface area contributed by atoms with Gasteiger partial charge >= 0.3 is 6.18 Å². The summed E-state index contributed by atoms with van der Waals surface area (Å²) in [5, 5.41) is 0. The Morgan fingerprint density at radius 3 is 2.52 bits per heavy atom. The van der Waals surface area contributed by atoms with Gasteiger partial charge in [-0.05, 0) is 65.4 Å². The van der Waals surface area contributed by atoms with E-state index >= 15 is 0 Å². The van der Waals surface area contributed by atoms with Gasteiger partial charge in [0.15, 0.2) is 0 Å². The highest BCUT2D eigenvalue weighted by Crippen LogP contribution is 2.37. The molecule has 0 aliphatic carbocycles. The second kappa shape index (κ2) is 8.03. The van der Waals surface area contributed by atoms with E-state index in [9.17, 15) is 13.2 Å². The quantitative estimate of drug-likeness (QED) is 0.504. The number of hydrogen-bond donors (Lipinski definition) is 0. The van der Waals surface area contributed by atoms with E-state index in [2.05, 4.69) is 9.98 Å². The van der Waals surface area contributed by atoms with Crippen molar-refractivity contribution in [2.24, 2.45) is 4.99 Å². The smallest absolute Gasteiger partial charge is 0.284 e. The Morgan fingerprint density at radius 1 is 0.897 bits per heavy atom. The van der Waals surface area contributed by atoms with E-state index in [-0.39, 0.29) is 5.56 Å². The molecule has 0 fully saturated rings. The van der Waals surface area contributed by atoms with Crippen molar-refractivity contribution in [3.63, 3.8) is 0 Å². The highest BCUT2D eigenvalue weighted by molar-refractivity contribution is 6.15. The number of rotatable bonds is 3. The summed E-state index contributed by atoms with van der Waals surface area (Å²) in [6.45, 7) is 0.764. The fourth-order valence-corrected chi connectivity index (χ4v) is 3.58. The topological polar surface area (TPSA) is 25.2 Å². The van der Waals surface area contributed by atoms with Crippen LogP contribution in [0.3, 0.4) is 0 Å². The molecule has 2 heterocycles. The summed E-state index contributed by atoms with van der Waals surface area (Å²) in [6, 6.07) is 16.7. The van der Waals surface area contributed by atoms with Crippen molar-refractivity contribution >= 4 is 11.8 Å². The molecule has 2 nitrogen and oxygen atoms in total. The molecule has 0 bridgehead atoms. The van der Waals surface area contributed by atoms with Gasteiger partial charge in [-0.2, -0.15) is 13.2 Å². The predicted molar refractivity (Wildman–Crippen MR) is 110 cm³/mol. The number of allylic oxidation sites excluding steroid dienone is 1. The lowest BCUT2D eigenvalue weighted by molar-refractivity contribution is -0.137. The molecule has 2 aromatic carbocycles. The maximum atomic E-state index is 13.4. The molecule has 0 spiro atoms. The number of benzene rings is 2. The van der Waals surface area contributed by atoms with Gasteiger partial charge in [0.2, 0.25) is 0 Å². The lowest BCUT2D eigenvalue weighted by Gasteiger charge is -2.17. The van der Waals surface area contributed by atoms with Crippen molar-refractivity contribution in [1.29, 1.82) is 0 Å². The summed E-state index contributed by atoms with van der Waals surface area (Å²) in [4.78, 5) is 8.84. The molecule has 0 amide bonds. The minimum atomic E-state index is -4.39. The summed E-state index contributed by atoms with van der Waals surface area (Å²) in [5.41, 5.74) is 3.90. The Labute approximate surface area is 167 Å². The van der Waals surface area contributed by atoms with Crippen LogP contribution < -0.4 is 0 Å². The van der Waals surface area contributed by atoms with Gasteiger partial charge in [0.05, 0.1) is 11.3 Å². The van der Waals surface area contributed by atoms with Crippen molar-refractivity contribution < 1.29 is 13.2 Å². The van der Waals surface area contributed by atoms with E-state index in [1.54, 1.807) is 36.7 Å². The van der Waals surface area contributed by atoms with E-state index in [1.807, 2.05) is 24.3 Å². The minimum absolute atomic E-state index is 0.185. The minimum Gasteiger partial charge on any atom is -0.284 e. The van der Waals surface area contributed by atoms with E-state index in [0.717, 1.165) is 47.9 Å². The Hall–Kier alpha value is -3.21. The van der Waals surface area contributed by atoms with Crippen molar-refractivity contribution in [2.75, 3.05) is 6.54 Å². The molecular formula is C24H19F3N2. The van der Waals surface area contributed by atoms with Crippen LogP contribution in [0.2, 0.25) is 0 Å². The van der Waals surface area contributed by atoms with E-state index in [4.69, 9.17) is 0 Å². The van der Waals surface area contributed by atoms with Gasteiger partial charge < -0.3 is 0 Å². The summed E-state index contributed by atoms with van der Waals surface area (Å²) < 4.78 is 40.2. The fraction of sp³-hybridized carbons (Fsp3) is 0.167. The molecule has 29 heavy (non-hydrogen) atoms. The second-order valence-corrected chi connectivity index (χ2v) is 6.91. The average Bonchev–Trinajstić information content (AvgIpc) is 2.74. The van der Waals surface area contributed by atoms with Crippen LogP contribution in [0.4, 0.5) is 13.2 Å². The van der Waals surface area contributed by atoms with Crippen LogP contribution in [0, 0.1) is 0 Å². The van der Waals surface area contributed by atoms with Gasteiger partial charge in [0, 0.05) is 24.5 Å². The zero-order valence-corrected chi connectivity index (χ0v) is 15.7. The third-order valence-corrected chi connectivity index (χ3v) is 4.88. The Kier molecular flexibility index (Phi) is 5.30. The van der Waals surface area contributed by atoms with E-state index in [1.165, 1.54) is 12.1 Å². The summed E-state index contributed by atoms with van der Waals surface area (Å²) >= 11 is 0. The number of pyridine rings is 1. The Balaban J connectivity index is 1.74. The van der Waals surface area contributed by atoms with Gasteiger partial charge in [-0.1, -0.05) is 36.4 Å². The lowest BCUT2D eigenvalue weighted by Crippen LogP contribution is -2.11. The second-order valence-electron chi connectivity index (χ2n) is 6.91. The lowest BCUT2D eigenvalue weighted by atomic mass is 9.93.